The van der Waals surface area contributed by atoms with Crippen molar-refractivity contribution in [3.8, 4) is 0 Å². The maximum atomic E-state index is 6.20. The number of aryl methyl sites for hydroxylation is 1. The van der Waals surface area contributed by atoms with Crippen LogP contribution in [0.25, 0.3) is 0 Å². The van der Waals surface area contributed by atoms with Gasteiger partial charge in [0.15, 0.2) is 0 Å². The summed E-state index contributed by atoms with van der Waals surface area (Å²) in [5.74, 6) is 1.43. The summed E-state index contributed by atoms with van der Waals surface area (Å²) in [4.78, 5) is 6.74. The molecule has 0 amide bonds. The van der Waals surface area contributed by atoms with Crippen LogP contribution in [-0.4, -0.2) is 12.0 Å². The molecule has 0 radical (unpaired) electrons. The molecule has 2 rings (SSSR count). The van der Waals surface area contributed by atoms with E-state index in [1.54, 1.807) is 0 Å². The van der Waals surface area contributed by atoms with E-state index in [4.69, 9.17) is 23.2 Å². The van der Waals surface area contributed by atoms with Gasteiger partial charge in [0.1, 0.15) is 5.82 Å². The van der Waals surface area contributed by atoms with Crippen LogP contribution in [0, 0.1) is 0 Å². The molecule has 1 aromatic carbocycles. The fourth-order valence-electron chi connectivity index (χ4n) is 2.05. The third kappa shape index (κ3) is 3.65. The van der Waals surface area contributed by atoms with Crippen molar-refractivity contribution in [1.82, 2.24) is 4.98 Å². The van der Waals surface area contributed by atoms with Gasteiger partial charge >= 0.3 is 0 Å². The largest absolute Gasteiger partial charge is 0.355 e. The first kappa shape index (κ1) is 15.1. The van der Waals surface area contributed by atoms with E-state index in [0.717, 1.165) is 40.6 Å². The van der Waals surface area contributed by atoms with E-state index in [9.17, 15) is 0 Å². The topological polar surface area (TPSA) is 16.1 Å². The molecule has 1 heterocycles. The molecule has 0 aliphatic rings. The lowest BCUT2D eigenvalue weighted by Gasteiger charge is -2.20. The molecule has 1 aromatic heterocycles. The van der Waals surface area contributed by atoms with Gasteiger partial charge < -0.3 is 4.90 Å². The first-order valence-electron chi connectivity index (χ1n) is 6.64. The molecule has 0 spiro atoms. The van der Waals surface area contributed by atoms with E-state index in [1.807, 2.05) is 37.4 Å². The summed E-state index contributed by atoms with van der Waals surface area (Å²) in [6.07, 6.45) is 0.900. The summed E-state index contributed by atoms with van der Waals surface area (Å²) in [7, 11) is 2.02. The van der Waals surface area contributed by atoms with Gasteiger partial charge in [-0.1, -0.05) is 36.7 Å². The number of nitrogens with zero attached hydrogens (tertiary/aromatic N) is 2. The lowest BCUT2D eigenvalue weighted by Crippen LogP contribution is -2.18. The van der Waals surface area contributed by atoms with Gasteiger partial charge in [-0.3, -0.25) is 0 Å². The smallest absolute Gasteiger partial charge is 0.129 e. The molecule has 0 bridgehead atoms. The zero-order valence-corrected chi connectivity index (χ0v) is 13.2. The first-order valence-corrected chi connectivity index (χ1v) is 7.55. The van der Waals surface area contributed by atoms with Crippen molar-refractivity contribution >= 4 is 29.0 Å². The highest BCUT2D eigenvalue weighted by atomic mass is 35.5. The molecule has 0 saturated carbocycles. The van der Waals surface area contributed by atoms with Crippen molar-refractivity contribution in [3.05, 3.63) is 58.2 Å². The average molecular weight is 309 g/mol. The van der Waals surface area contributed by atoms with Gasteiger partial charge in [0.25, 0.3) is 0 Å². The number of anilines is 1. The normalized spacial score (nSPS) is 10.6. The molecule has 20 heavy (non-hydrogen) atoms. The van der Waals surface area contributed by atoms with Crippen LogP contribution in [0.4, 0.5) is 5.82 Å². The molecule has 0 aliphatic carbocycles. The number of alkyl halides is 1. The third-order valence-corrected chi connectivity index (χ3v) is 3.87. The number of halogens is 2. The standard InChI is InChI=1S/C16H18Cl2N2/c1-3-14-8-12(10-17)9-16(19-14)20(2)11-13-6-4-5-7-15(13)18/h4-9H,3,10-11H2,1-2H3. The predicted octanol–water partition coefficient (Wildman–Crippen LogP) is 4.67. The summed E-state index contributed by atoms with van der Waals surface area (Å²) >= 11 is 12.2. The zero-order valence-electron chi connectivity index (χ0n) is 11.7. The molecule has 0 N–H and O–H groups in total. The van der Waals surface area contributed by atoms with Crippen molar-refractivity contribution < 1.29 is 0 Å². The van der Waals surface area contributed by atoms with Gasteiger partial charge in [-0.25, -0.2) is 4.98 Å². The molecule has 106 valence electrons. The fraction of sp³-hybridized carbons (Fsp3) is 0.312. The Labute approximate surface area is 130 Å². The number of hydrogen-bond donors (Lipinski definition) is 0. The van der Waals surface area contributed by atoms with E-state index in [2.05, 4.69) is 22.9 Å². The number of pyridine rings is 1. The molecular formula is C16H18Cl2N2. The van der Waals surface area contributed by atoms with Crippen molar-refractivity contribution in [2.75, 3.05) is 11.9 Å². The quantitative estimate of drug-likeness (QED) is 0.746. The minimum atomic E-state index is 0.502. The number of rotatable bonds is 5. The monoisotopic (exact) mass is 308 g/mol. The van der Waals surface area contributed by atoms with Crippen LogP contribution in [0.3, 0.4) is 0 Å². The molecule has 0 atom stereocenters. The highest BCUT2D eigenvalue weighted by Crippen LogP contribution is 2.21. The predicted molar refractivity (Wildman–Crippen MR) is 86.7 cm³/mol. The maximum Gasteiger partial charge on any atom is 0.129 e. The second-order valence-corrected chi connectivity index (χ2v) is 5.43. The van der Waals surface area contributed by atoms with E-state index >= 15 is 0 Å². The average Bonchev–Trinajstić information content (AvgIpc) is 2.48. The van der Waals surface area contributed by atoms with Gasteiger partial charge in [0, 0.05) is 30.2 Å². The van der Waals surface area contributed by atoms with Crippen LogP contribution in [0.2, 0.25) is 5.02 Å². The van der Waals surface area contributed by atoms with Crippen LogP contribution >= 0.6 is 23.2 Å². The number of benzene rings is 1. The van der Waals surface area contributed by atoms with E-state index in [1.165, 1.54) is 0 Å². The summed E-state index contributed by atoms with van der Waals surface area (Å²) in [5.41, 5.74) is 3.25. The molecule has 0 fully saturated rings. The maximum absolute atomic E-state index is 6.20. The zero-order chi connectivity index (χ0) is 14.5. The van der Waals surface area contributed by atoms with Crippen LogP contribution in [0.5, 0.6) is 0 Å². The third-order valence-electron chi connectivity index (χ3n) is 3.20. The second kappa shape index (κ2) is 6.96. The van der Waals surface area contributed by atoms with E-state index in [-0.39, 0.29) is 0 Å². The summed E-state index contributed by atoms with van der Waals surface area (Å²) < 4.78 is 0. The Morgan fingerprint density at radius 1 is 1.20 bits per heavy atom. The van der Waals surface area contributed by atoms with E-state index in [0.29, 0.717) is 5.88 Å². The van der Waals surface area contributed by atoms with Crippen LogP contribution < -0.4 is 4.90 Å². The highest BCUT2D eigenvalue weighted by Gasteiger charge is 2.08. The molecule has 2 nitrogen and oxygen atoms in total. The number of aromatic nitrogens is 1. The van der Waals surface area contributed by atoms with Crippen molar-refractivity contribution in [3.63, 3.8) is 0 Å². The summed E-state index contributed by atoms with van der Waals surface area (Å²) in [6, 6.07) is 12.0. The SMILES string of the molecule is CCc1cc(CCl)cc(N(C)Cc2ccccc2Cl)n1. The van der Waals surface area contributed by atoms with Gasteiger partial charge in [0.2, 0.25) is 0 Å². The molecule has 0 aliphatic heterocycles. The van der Waals surface area contributed by atoms with Crippen molar-refractivity contribution in [1.29, 1.82) is 0 Å². The Morgan fingerprint density at radius 3 is 2.60 bits per heavy atom. The summed E-state index contributed by atoms with van der Waals surface area (Å²) in [5, 5.41) is 0.781. The molecule has 2 aromatic rings. The lowest BCUT2D eigenvalue weighted by atomic mass is 10.2. The minimum Gasteiger partial charge on any atom is -0.355 e. The van der Waals surface area contributed by atoms with Gasteiger partial charge in [-0.15, -0.1) is 11.6 Å². The summed E-state index contributed by atoms with van der Waals surface area (Å²) in [6.45, 7) is 2.82. The first-order chi connectivity index (χ1) is 9.63. The van der Waals surface area contributed by atoms with Crippen LogP contribution in [-0.2, 0) is 18.8 Å². The Hall–Kier alpha value is -1.25. The van der Waals surface area contributed by atoms with Gasteiger partial charge in [-0.05, 0) is 35.7 Å². The molecular weight excluding hydrogens is 291 g/mol. The Morgan fingerprint density at radius 2 is 1.95 bits per heavy atom. The Bertz CT molecular complexity index is 562. The van der Waals surface area contributed by atoms with Crippen LogP contribution in [0.1, 0.15) is 23.7 Å². The van der Waals surface area contributed by atoms with Crippen molar-refractivity contribution in [2.24, 2.45) is 0 Å². The van der Waals surface area contributed by atoms with Crippen LogP contribution in [0.15, 0.2) is 36.4 Å². The van der Waals surface area contributed by atoms with E-state index < -0.39 is 0 Å². The van der Waals surface area contributed by atoms with Gasteiger partial charge in [-0.2, -0.15) is 0 Å². The fourth-order valence-corrected chi connectivity index (χ4v) is 2.40. The number of hydrogen-bond acceptors (Lipinski definition) is 2. The lowest BCUT2D eigenvalue weighted by molar-refractivity contribution is 0.880. The molecule has 0 saturated heterocycles. The van der Waals surface area contributed by atoms with Crippen molar-refractivity contribution in [2.45, 2.75) is 25.8 Å². The minimum absolute atomic E-state index is 0.502. The van der Waals surface area contributed by atoms with Gasteiger partial charge in [0.05, 0.1) is 0 Å². The molecule has 4 heteroatoms. The second-order valence-electron chi connectivity index (χ2n) is 4.76. The Balaban J connectivity index is 2.24. The highest BCUT2D eigenvalue weighted by molar-refractivity contribution is 6.31. The Kier molecular flexibility index (Phi) is 5.27. The molecule has 0 unspecified atom stereocenters.